The minimum Gasteiger partial charge on any atom is -0.391 e. The lowest BCUT2D eigenvalue weighted by molar-refractivity contribution is 0.198. The number of hydrogen-bond acceptors (Lipinski definition) is 4. The smallest absolute Gasteiger partial charge is 0.180 e. The Kier molecular flexibility index (Phi) is 3.43. The van der Waals surface area contributed by atoms with E-state index >= 15 is 0 Å². The van der Waals surface area contributed by atoms with Crippen LogP contribution in [0.15, 0.2) is 36.8 Å². The Bertz CT molecular complexity index is 882. The monoisotopic (exact) mass is 332 g/mol. The highest BCUT2D eigenvalue weighted by molar-refractivity contribution is 6.33. The van der Waals surface area contributed by atoms with Gasteiger partial charge in [-0.2, -0.15) is 0 Å². The predicted octanol–water partition coefficient (Wildman–Crippen LogP) is 2.76. The Hall–Kier alpha value is -2.18. The highest BCUT2D eigenvalue weighted by atomic mass is 35.5. The second kappa shape index (κ2) is 5.47. The number of benzene rings is 1. The van der Waals surface area contributed by atoms with Crippen molar-refractivity contribution in [3.05, 3.63) is 47.6 Å². The molecule has 0 aliphatic carbocycles. The summed E-state index contributed by atoms with van der Waals surface area (Å²) in [6.07, 6.45) is 5.58. The van der Waals surface area contributed by atoms with Crippen LogP contribution in [0.3, 0.4) is 0 Å². The van der Waals surface area contributed by atoms with Crippen LogP contribution in [0.1, 0.15) is 6.42 Å². The number of rotatable bonds is 2. The number of fused-ring (bicyclic) bond motifs is 1. The fraction of sp³-hybridized carbons (Fsp3) is 0.250. The fourth-order valence-corrected chi connectivity index (χ4v) is 3.22. The van der Waals surface area contributed by atoms with Crippen molar-refractivity contribution < 1.29 is 9.50 Å². The van der Waals surface area contributed by atoms with Gasteiger partial charge in [-0.3, -0.25) is 4.40 Å². The summed E-state index contributed by atoms with van der Waals surface area (Å²) in [5.74, 6) is 0.356. The Morgan fingerprint density at radius 1 is 1.30 bits per heavy atom. The van der Waals surface area contributed by atoms with Gasteiger partial charge in [0.15, 0.2) is 11.5 Å². The molecule has 0 amide bonds. The number of imidazole rings is 1. The highest BCUT2D eigenvalue weighted by Gasteiger charge is 2.24. The summed E-state index contributed by atoms with van der Waals surface area (Å²) < 4.78 is 15.1. The minimum atomic E-state index is -0.374. The van der Waals surface area contributed by atoms with Crippen LogP contribution in [-0.2, 0) is 0 Å². The standard InChI is InChI=1S/C16H14ClFN4O/c17-13-7-10(18)1-2-12(13)14-8-20-16-15(19-4-6-22(14)16)21-5-3-11(23)9-21/h1-2,4,6-8,11,23H,3,5,9H2. The number of hydrogen-bond donors (Lipinski definition) is 1. The van der Waals surface area contributed by atoms with Crippen LogP contribution >= 0.6 is 11.6 Å². The average Bonchev–Trinajstić information content (AvgIpc) is 3.13. The zero-order valence-corrected chi connectivity index (χ0v) is 12.9. The van der Waals surface area contributed by atoms with E-state index in [-0.39, 0.29) is 11.9 Å². The van der Waals surface area contributed by atoms with Crippen molar-refractivity contribution in [1.82, 2.24) is 14.4 Å². The molecule has 1 N–H and O–H groups in total. The van der Waals surface area contributed by atoms with Gasteiger partial charge in [0.05, 0.1) is 23.0 Å². The SMILES string of the molecule is OC1CCN(c2nccn3c(-c4ccc(F)cc4Cl)cnc23)C1. The van der Waals surface area contributed by atoms with Gasteiger partial charge in [0.25, 0.3) is 0 Å². The number of anilines is 1. The maximum atomic E-state index is 13.3. The molecule has 3 aromatic rings. The lowest BCUT2D eigenvalue weighted by Gasteiger charge is -2.17. The quantitative estimate of drug-likeness (QED) is 0.784. The molecule has 1 aliphatic rings. The van der Waals surface area contributed by atoms with Crippen LogP contribution in [0.5, 0.6) is 0 Å². The summed E-state index contributed by atoms with van der Waals surface area (Å²) in [5.41, 5.74) is 2.17. The molecule has 1 fully saturated rings. The zero-order chi connectivity index (χ0) is 16.0. The van der Waals surface area contributed by atoms with Crippen LogP contribution in [0.25, 0.3) is 16.9 Å². The molecule has 4 rings (SSSR count). The number of halogens is 2. The molecule has 23 heavy (non-hydrogen) atoms. The Labute approximate surface area is 137 Å². The van der Waals surface area contributed by atoms with Gasteiger partial charge in [-0.25, -0.2) is 14.4 Å². The molecule has 3 heterocycles. The van der Waals surface area contributed by atoms with Gasteiger partial charge in [-0.05, 0) is 24.6 Å². The molecule has 0 saturated carbocycles. The van der Waals surface area contributed by atoms with E-state index in [0.717, 1.165) is 24.5 Å². The molecule has 0 bridgehead atoms. The second-order valence-electron chi connectivity index (χ2n) is 5.60. The predicted molar refractivity (Wildman–Crippen MR) is 86.2 cm³/mol. The second-order valence-corrected chi connectivity index (χ2v) is 6.01. The molecule has 0 spiro atoms. The molecule has 1 saturated heterocycles. The van der Waals surface area contributed by atoms with Gasteiger partial charge in [-0.15, -0.1) is 0 Å². The molecule has 1 unspecified atom stereocenters. The molecule has 7 heteroatoms. The van der Waals surface area contributed by atoms with E-state index in [1.807, 2.05) is 9.30 Å². The molecular formula is C16H14ClFN4O. The van der Waals surface area contributed by atoms with E-state index in [2.05, 4.69) is 9.97 Å². The van der Waals surface area contributed by atoms with Gasteiger partial charge < -0.3 is 10.0 Å². The van der Waals surface area contributed by atoms with E-state index in [4.69, 9.17) is 11.6 Å². The number of aromatic nitrogens is 3. The lowest BCUT2D eigenvalue weighted by Crippen LogP contribution is -2.23. The van der Waals surface area contributed by atoms with Crippen LogP contribution < -0.4 is 4.90 Å². The summed E-state index contributed by atoms with van der Waals surface area (Å²) in [6, 6.07) is 4.30. The maximum Gasteiger partial charge on any atom is 0.180 e. The van der Waals surface area contributed by atoms with Gasteiger partial charge in [0.1, 0.15) is 5.82 Å². The van der Waals surface area contributed by atoms with Crippen molar-refractivity contribution in [2.45, 2.75) is 12.5 Å². The average molecular weight is 333 g/mol. The first kappa shape index (κ1) is 14.4. The van der Waals surface area contributed by atoms with E-state index in [0.29, 0.717) is 22.8 Å². The third kappa shape index (κ3) is 2.44. The molecule has 5 nitrogen and oxygen atoms in total. The van der Waals surface area contributed by atoms with E-state index in [1.54, 1.807) is 24.7 Å². The van der Waals surface area contributed by atoms with E-state index < -0.39 is 0 Å². The van der Waals surface area contributed by atoms with Gasteiger partial charge >= 0.3 is 0 Å². The lowest BCUT2D eigenvalue weighted by atomic mass is 10.1. The van der Waals surface area contributed by atoms with Crippen LogP contribution in [0.2, 0.25) is 5.02 Å². The summed E-state index contributed by atoms with van der Waals surface area (Å²) >= 11 is 6.17. The summed E-state index contributed by atoms with van der Waals surface area (Å²) in [5, 5.41) is 10.1. The maximum absolute atomic E-state index is 13.3. The Balaban J connectivity index is 1.84. The summed E-state index contributed by atoms with van der Waals surface area (Å²) in [4.78, 5) is 10.9. The third-order valence-corrected chi connectivity index (χ3v) is 4.39. The molecule has 1 aromatic carbocycles. The normalized spacial score (nSPS) is 18.0. The van der Waals surface area contributed by atoms with Crippen molar-refractivity contribution in [3.63, 3.8) is 0 Å². The molecule has 118 valence electrons. The van der Waals surface area contributed by atoms with E-state index in [9.17, 15) is 9.50 Å². The first-order chi connectivity index (χ1) is 11.1. The van der Waals surface area contributed by atoms with Crippen molar-refractivity contribution in [2.24, 2.45) is 0 Å². The van der Waals surface area contributed by atoms with Gasteiger partial charge in [0.2, 0.25) is 0 Å². The van der Waals surface area contributed by atoms with Crippen molar-refractivity contribution in [2.75, 3.05) is 18.0 Å². The first-order valence-corrected chi connectivity index (χ1v) is 7.72. The van der Waals surface area contributed by atoms with Crippen molar-refractivity contribution in [1.29, 1.82) is 0 Å². The van der Waals surface area contributed by atoms with Crippen molar-refractivity contribution >= 4 is 23.1 Å². The minimum absolute atomic E-state index is 0.335. The zero-order valence-electron chi connectivity index (χ0n) is 12.2. The number of nitrogens with zero attached hydrogens (tertiary/aromatic N) is 4. The number of aliphatic hydroxyl groups excluding tert-OH is 1. The summed E-state index contributed by atoms with van der Waals surface area (Å²) in [6.45, 7) is 1.29. The van der Waals surface area contributed by atoms with E-state index in [1.165, 1.54) is 12.1 Å². The Morgan fingerprint density at radius 3 is 2.91 bits per heavy atom. The van der Waals surface area contributed by atoms with Crippen LogP contribution in [-0.4, -0.2) is 38.7 Å². The molecule has 1 atom stereocenters. The topological polar surface area (TPSA) is 53.7 Å². The van der Waals surface area contributed by atoms with Gasteiger partial charge in [0, 0.05) is 31.0 Å². The van der Waals surface area contributed by atoms with Crippen molar-refractivity contribution in [3.8, 4) is 11.3 Å². The molecule has 2 aromatic heterocycles. The molecule has 1 aliphatic heterocycles. The fourth-order valence-electron chi connectivity index (χ4n) is 2.96. The first-order valence-electron chi connectivity index (χ1n) is 7.34. The third-order valence-electron chi connectivity index (χ3n) is 4.08. The molecular weight excluding hydrogens is 319 g/mol. The highest BCUT2D eigenvalue weighted by Crippen LogP contribution is 2.31. The van der Waals surface area contributed by atoms with Crippen LogP contribution in [0.4, 0.5) is 10.2 Å². The largest absolute Gasteiger partial charge is 0.391 e. The number of β-amino-alcohol motifs (C(OH)–C–C–N with tert-alkyl or cyclic N) is 1. The summed E-state index contributed by atoms with van der Waals surface area (Å²) in [7, 11) is 0. The molecule has 0 radical (unpaired) electrons. The van der Waals surface area contributed by atoms with Crippen LogP contribution in [0, 0.1) is 5.82 Å². The Morgan fingerprint density at radius 2 is 2.17 bits per heavy atom. The van der Waals surface area contributed by atoms with Gasteiger partial charge in [-0.1, -0.05) is 11.6 Å². The number of aliphatic hydroxyl groups is 1.